The van der Waals surface area contributed by atoms with Crippen LogP contribution in [0.4, 0.5) is 23.2 Å². The number of amides is 1. The van der Waals surface area contributed by atoms with E-state index >= 15 is 4.39 Å². The number of benzene rings is 2. The van der Waals surface area contributed by atoms with Crippen LogP contribution in [0.2, 0.25) is 0 Å². The molecule has 1 fully saturated rings. The average Bonchev–Trinajstić information content (AvgIpc) is 3.21. The number of pyridine rings is 1. The summed E-state index contributed by atoms with van der Waals surface area (Å²) in [6.07, 6.45) is 4.82. The number of hydrogen-bond donors (Lipinski definition) is 2. The molecule has 6 nitrogen and oxygen atoms in total. The number of nitrogens with two attached hydrogens (primary N) is 1. The summed E-state index contributed by atoms with van der Waals surface area (Å²) >= 11 is 0. The predicted octanol–water partition coefficient (Wildman–Crippen LogP) is 5.67. The highest BCUT2D eigenvalue weighted by atomic mass is 35.5. The van der Waals surface area contributed by atoms with E-state index in [1.165, 1.54) is 25.6 Å². The molecule has 1 aliphatic rings. The second-order valence-electron chi connectivity index (χ2n) is 7.89. The van der Waals surface area contributed by atoms with E-state index in [0.29, 0.717) is 12.2 Å². The van der Waals surface area contributed by atoms with Gasteiger partial charge >= 0.3 is 0 Å². The van der Waals surface area contributed by atoms with Crippen molar-refractivity contribution in [1.29, 1.82) is 0 Å². The average molecular weight is 548 g/mol. The maximum atomic E-state index is 15.3. The van der Waals surface area contributed by atoms with E-state index in [2.05, 4.69) is 10.3 Å². The van der Waals surface area contributed by atoms with Gasteiger partial charge in [0.2, 0.25) is 0 Å². The smallest absolute Gasteiger partial charge is 0.258 e. The summed E-state index contributed by atoms with van der Waals surface area (Å²) in [5, 5.41) is 2.47. The second kappa shape index (κ2) is 12.2. The monoisotopic (exact) mass is 547 g/mol. The van der Waals surface area contributed by atoms with Crippen LogP contribution < -0.4 is 20.5 Å². The van der Waals surface area contributed by atoms with Crippen LogP contribution in [0.3, 0.4) is 0 Å². The van der Waals surface area contributed by atoms with Crippen molar-refractivity contribution in [2.75, 3.05) is 12.4 Å². The molecular weight excluding hydrogens is 525 g/mol. The van der Waals surface area contributed by atoms with Gasteiger partial charge < -0.3 is 20.5 Å². The second-order valence-corrected chi connectivity index (χ2v) is 7.89. The first-order chi connectivity index (χ1) is 16.3. The zero-order valence-electron chi connectivity index (χ0n) is 18.9. The number of hydrogen-bond acceptors (Lipinski definition) is 5. The van der Waals surface area contributed by atoms with E-state index in [9.17, 15) is 18.0 Å². The van der Waals surface area contributed by atoms with Gasteiger partial charge in [0.25, 0.3) is 5.91 Å². The summed E-state index contributed by atoms with van der Waals surface area (Å²) in [5.74, 6) is -5.99. The normalized spacial score (nSPS) is 16.5. The lowest BCUT2D eigenvalue weighted by Crippen LogP contribution is -2.20. The van der Waals surface area contributed by atoms with Crippen LogP contribution in [0, 0.1) is 23.3 Å². The van der Waals surface area contributed by atoms with Gasteiger partial charge in [0.05, 0.1) is 30.0 Å². The van der Waals surface area contributed by atoms with Gasteiger partial charge in [0, 0.05) is 30.4 Å². The van der Waals surface area contributed by atoms with E-state index in [-0.39, 0.29) is 48.4 Å². The van der Waals surface area contributed by atoms with E-state index in [4.69, 9.17) is 15.2 Å². The van der Waals surface area contributed by atoms with Crippen molar-refractivity contribution in [2.24, 2.45) is 5.73 Å². The minimum Gasteiger partial charge on any atom is -0.497 e. The molecule has 12 heteroatoms. The molecule has 1 saturated carbocycles. The fourth-order valence-corrected chi connectivity index (χ4v) is 3.89. The molecule has 3 N–H and O–H groups in total. The maximum absolute atomic E-state index is 15.3. The molecule has 2 atom stereocenters. The third kappa shape index (κ3) is 6.00. The molecule has 0 aliphatic heterocycles. The van der Waals surface area contributed by atoms with Crippen LogP contribution in [-0.4, -0.2) is 30.1 Å². The molecular formula is C24H23Cl2F4N3O3. The van der Waals surface area contributed by atoms with Gasteiger partial charge in [-0.15, -0.1) is 24.8 Å². The largest absolute Gasteiger partial charge is 0.497 e. The lowest BCUT2D eigenvalue weighted by atomic mass is 9.99. The van der Waals surface area contributed by atoms with Crippen molar-refractivity contribution < 1.29 is 31.8 Å². The number of anilines is 1. The van der Waals surface area contributed by atoms with E-state index in [0.717, 1.165) is 37.1 Å². The number of rotatable bonds is 6. The summed E-state index contributed by atoms with van der Waals surface area (Å²) in [5.41, 5.74) is 3.48. The summed E-state index contributed by atoms with van der Waals surface area (Å²) in [6.45, 7) is 0. The van der Waals surface area contributed by atoms with Crippen molar-refractivity contribution in [1.82, 2.24) is 4.98 Å². The molecule has 4 rings (SSSR count). The highest BCUT2D eigenvalue weighted by Gasteiger charge is 2.27. The molecule has 1 amide bonds. The van der Waals surface area contributed by atoms with Gasteiger partial charge in [-0.25, -0.2) is 17.6 Å². The van der Waals surface area contributed by atoms with Gasteiger partial charge in [-0.05, 0) is 31.4 Å². The lowest BCUT2D eigenvalue weighted by Gasteiger charge is -2.17. The zero-order chi connectivity index (χ0) is 24.4. The fourth-order valence-electron chi connectivity index (χ4n) is 3.89. The number of carbonyl (C=O) groups is 1. The van der Waals surface area contributed by atoms with Crippen LogP contribution in [0.1, 0.15) is 29.6 Å². The molecule has 2 aromatic carbocycles. The molecule has 194 valence electrons. The number of carbonyl (C=O) groups excluding carboxylic acids is 1. The van der Waals surface area contributed by atoms with Crippen molar-refractivity contribution >= 4 is 36.4 Å². The van der Waals surface area contributed by atoms with Crippen molar-refractivity contribution in [3.05, 3.63) is 71.6 Å². The zero-order valence-corrected chi connectivity index (χ0v) is 20.5. The van der Waals surface area contributed by atoms with Crippen molar-refractivity contribution in [3.63, 3.8) is 0 Å². The van der Waals surface area contributed by atoms with E-state index < -0.39 is 45.9 Å². The first kappa shape index (κ1) is 29.2. The van der Waals surface area contributed by atoms with Crippen LogP contribution in [0.15, 0.2) is 42.7 Å². The van der Waals surface area contributed by atoms with Gasteiger partial charge in [0.15, 0.2) is 0 Å². The molecule has 3 aromatic rings. The van der Waals surface area contributed by atoms with Crippen LogP contribution in [-0.2, 0) is 0 Å². The summed E-state index contributed by atoms with van der Waals surface area (Å²) in [7, 11) is 1.19. The van der Waals surface area contributed by atoms with Crippen LogP contribution >= 0.6 is 24.8 Å². The minimum absolute atomic E-state index is 0. The molecule has 0 bridgehead atoms. The number of ether oxygens (including phenoxy) is 2. The lowest BCUT2D eigenvalue weighted by molar-refractivity contribution is 0.102. The first-order valence-corrected chi connectivity index (χ1v) is 10.5. The quantitative estimate of drug-likeness (QED) is 0.388. The summed E-state index contributed by atoms with van der Waals surface area (Å²) in [6, 6.07) is 4.78. The van der Waals surface area contributed by atoms with Gasteiger partial charge in [0.1, 0.15) is 46.6 Å². The van der Waals surface area contributed by atoms with E-state index in [1.54, 1.807) is 0 Å². The highest BCUT2D eigenvalue weighted by Crippen LogP contribution is 2.35. The van der Waals surface area contributed by atoms with Gasteiger partial charge in [-0.3, -0.25) is 9.78 Å². The Labute approximate surface area is 217 Å². The van der Waals surface area contributed by atoms with Crippen LogP contribution in [0.5, 0.6) is 11.5 Å². The Morgan fingerprint density at radius 2 is 1.72 bits per heavy atom. The molecule has 0 radical (unpaired) electrons. The standard InChI is InChI=1S/C24H21F4N3O3.2ClH/c1-33-14-9-17(26)21(18(27)10-14)22-16(25)5-4-15(23(22)28)24(32)31-19-11-30-7-6-20(19)34-13-3-2-12(29)8-13;;/h4-7,9-13H,2-3,8,29H2,1H3,(H,31,32);2*1H/t12-,13-;;/m0../s1. The summed E-state index contributed by atoms with van der Waals surface area (Å²) in [4.78, 5) is 16.8. The van der Waals surface area contributed by atoms with Gasteiger partial charge in [-0.2, -0.15) is 0 Å². The number of methoxy groups -OCH3 is 1. The molecule has 0 saturated heterocycles. The van der Waals surface area contributed by atoms with Gasteiger partial charge in [-0.1, -0.05) is 0 Å². The Bertz CT molecular complexity index is 1230. The Morgan fingerprint density at radius 3 is 2.33 bits per heavy atom. The Morgan fingerprint density at radius 1 is 1.03 bits per heavy atom. The Kier molecular flexibility index (Phi) is 9.92. The Balaban J connectivity index is 0.00000228. The molecule has 1 aromatic heterocycles. The van der Waals surface area contributed by atoms with Crippen LogP contribution in [0.25, 0.3) is 11.1 Å². The first-order valence-electron chi connectivity index (χ1n) is 10.5. The predicted molar refractivity (Wildman–Crippen MR) is 131 cm³/mol. The molecule has 1 heterocycles. The molecule has 1 aliphatic carbocycles. The molecule has 36 heavy (non-hydrogen) atoms. The topological polar surface area (TPSA) is 86.5 Å². The fraction of sp³-hybridized carbons (Fsp3) is 0.250. The van der Waals surface area contributed by atoms with E-state index in [1.807, 2.05) is 0 Å². The van der Waals surface area contributed by atoms with Crippen molar-refractivity contribution in [2.45, 2.75) is 31.4 Å². The number of nitrogens with zero attached hydrogens (tertiary/aromatic N) is 1. The summed E-state index contributed by atoms with van der Waals surface area (Å²) < 4.78 is 69.4. The minimum atomic E-state index is -1.42. The highest BCUT2D eigenvalue weighted by molar-refractivity contribution is 6.06. The third-order valence-corrected chi connectivity index (χ3v) is 5.59. The maximum Gasteiger partial charge on any atom is 0.258 e. The molecule has 0 unspecified atom stereocenters. The number of aromatic nitrogens is 1. The third-order valence-electron chi connectivity index (χ3n) is 5.59. The number of halogens is 6. The molecule has 0 spiro atoms. The number of nitrogens with one attached hydrogen (secondary N) is 1. The SMILES string of the molecule is COc1cc(F)c(-c2c(F)ccc(C(=O)Nc3cnccc3O[C@H]3CC[C@H](N)C3)c2F)c(F)c1.Cl.Cl. The van der Waals surface area contributed by atoms with Crippen molar-refractivity contribution in [3.8, 4) is 22.6 Å². The Hall–Kier alpha value is -3.08.